The average molecular weight is 470 g/mol. The maximum absolute atomic E-state index is 13.3. The zero-order chi connectivity index (χ0) is 22.3. The minimum Gasteiger partial charge on any atom is -0.354 e. The molecule has 0 aliphatic rings. The minimum atomic E-state index is -0.585. The van der Waals surface area contributed by atoms with Gasteiger partial charge in [0, 0.05) is 28.2 Å². The van der Waals surface area contributed by atoms with E-state index in [1.54, 1.807) is 35.2 Å². The lowest BCUT2D eigenvalue weighted by molar-refractivity contribution is -0.141. The van der Waals surface area contributed by atoms with E-state index in [-0.39, 0.29) is 18.2 Å². The molecule has 0 saturated carbocycles. The third kappa shape index (κ3) is 7.19. The number of amides is 2. The number of carbonyl (C=O) groups is 2. The van der Waals surface area contributed by atoms with Crippen molar-refractivity contribution in [2.24, 2.45) is 5.92 Å². The molecule has 162 valence electrons. The van der Waals surface area contributed by atoms with Crippen molar-refractivity contribution < 1.29 is 9.59 Å². The molecule has 30 heavy (non-hydrogen) atoms. The molecular formula is C23H27Cl3N2O2. The van der Waals surface area contributed by atoms with Crippen LogP contribution in [0.3, 0.4) is 0 Å². The number of carbonyl (C=O) groups excluding carboxylic acids is 2. The van der Waals surface area contributed by atoms with Crippen LogP contribution in [0.5, 0.6) is 0 Å². The number of rotatable bonds is 9. The van der Waals surface area contributed by atoms with Crippen molar-refractivity contribution in [2.75, 3.05) is 6.54 Å². The van der Waals surface area contributed by atoms with Gasteiger partial charge >= 0.3 is 0 Å². The second kappa shape index (κ2) is 11.6. The summed E-state index contributed by atoms with van der Waals surface area (Å²) >= 11 is 18.2. The summed E-state index contributed by atoms with van der Waals surface area (Å²) in [6.07, 6.45) is 0.579. The Hall–Kier alpha value is -1.75. The molecule has 0 fully saturated rings. The minimum absolute atomic E-state index is 0.0809. The van der Waals surface area contributed by atoms with Crippen molar-refractivity contribution >= 4 is 46.6 Å². The Morgan fingerprint density at radius 1 is 1.00 bits per heavy atom. The van der Waals surface area contributed by atoms with E-state index in [9.17, 15) is 9.59 Å². The van der Waals surface area contributed by atoms with Crippen molar-refractivity contribution in [1.82, 2.24) is 10.2 Å². The normalized spacial score (nSPS) is 12.0. The van der Waals surface area contributed by atoms with Gasteiger partial charge in [0.2, 0.25) is 11.8 Å². The van der Waals surface area contributed by atoms with Crippen LogP contribution in [-0.4, -0.2) is 29.3 Å². The molecule has 4 nitrogen and oxygen atoms in total. The molecule has 1 N–H and O–H groups in total. The highest BCUT2D eigenvalue weighted by Crippen LogP contribution is 2.23. The summed E-state index contributed by atoms with van der Waals surface area (Å²) < 4.78 is 0. The van der Waals surface area contributed by atoms with E-state index in [2.05, 4.69) is 5.32 Å². The van der Waals surface area contributed by atoms with Crippen LogP contribution in [0.25, 0.3) is 0 Å². The summed E-state index contributed by atoms with van der Waals surface area (Å²) in [5.41, 5.74) is 1.56. The molecule has 7 heteroatoms. The molecule has 2 amide bonds. The van der Waals surface area contributed by atoms with Gasteiger partial charge in [0.05, 0.1) is 6.42 Å². The molecule has 2 aromatic carbocycles. The highest BCUT2D eigenvalue weighted by atomic mass is 35.5. The van der Waals surface area contributed by atoms with Gasteiger partial charge in [0.1, 0.15) is 6.04 Å². The van der Waals surface area contributed by atoms with E-state index < -0.39 is 6.04 Å². The molecule has 1 atom stereocenters. The van der Waals surface area contributed by atoms with Crippen molar-refractivity contribution in [1.29, 1.82) is 0 Å². The molecule has 0 saturated heterocycles. The van der Waals surface area contributed by atoms with E-state index in [1.165, 1.54) is 0 Å². The summed E-state index contributed by atoms with van der Waals surface area (Å²) in [6, 6.07) is 11.7. The van der Waals surface area contributed by atoms with Crippen LogP contribution < -0.4 is 5.32 Å². The molecule has 2 rings (SSSR count). The van der Waals surface area contributed by atoms with E-state index in [4.69, 9.17) is 34.8 Å². The zero-order valence-electron chi connectivity index (χ0n) is 17.4. The topological polar surface area (TPSA) is 49.4 Å². The van der Waals surface area contributed by atoms with Crippen molar-refractivity contribution in [3.63, 3.8) is 0 Å². The smallest absolute Gasteiger partial charge is 0.242 e. The Bertz CT molecular complexity index is 869. The first-order valence-electron chi connectivity index (χ1n) is 9.96. The van der Waals surface area contributed by atoms with Gasteiger partial charge in [-0.25, -0.2) is 0 Å². The lowest BCUT2D eigenvalue weighted by Gasteiger charge is -2.31. The molecule has 0 radical (unpaired) electrons. The Labute approximate surface area is 193 Å². The van der Waals surface area contributed by atoms with Crippen LogP contribution in [0.1, 0.15) is 38.3 Å². The second-order valence-corrected chi connectivity index (χ2v) is 8.90. The number of nitrogens with one attached hydrogen (secondary N) is 1. The number of nitrogens with zero attached hydrogens (tertiary/aromatic N) is 1. The van der Waals surface area contributed by atoms with Crippen molar-refractivity contribution in [3.05, 3.63) is 68.7 Å². The predicted molar refractivity (Wildman–Crippen MR) is 124 cm³/mol. The number of halogens is 3. The van der Waals surface area contributed by atoms with Gasteiger partial charge in [-0.15, -0.1) is 0 Å². The van der Waals surface area contributed by atoms with Gasteiger partial charge < -0.3 is 10.2 Å². The first-order chi connectivity index (χ1) is 14.2. The molecule has 1 unspecified atom stereocenters. The Morgan fingerprint density at radius 3 is 2.20 bits per heavy atom. The fraction of sp³-hybridized carbons (Fsp3) is 0.391. The van der Waals surface area contributed by atoms with E-state index in [1.807, 2.05) is 32.9 Å². The first kappa shape index (κ1) is 24.5. The van der Waals surface area contributed by atoms with Crippen LogP contribution in [0.15, 0.2) is 42.5 Å². The summed E-state index contributed by atoms with van der Waals surface area (Å²) in [5.74, 6) is -0.0174. The Kier molecular flexibility index (Phi) is 9.47. The molecule has 0 bridgehead atoms. The van der Waals surface area contributed by atoms with E-state index in [0.717, 1.165) is 5.56 Å². The van der Waals surface area contributed by atoms with Gasteiger partial charge in [-0.3, -0.25) is 9.59 Å². The largest absolute Gasteiger partial charge is 0.354 e. The van der Waals surface area contributed by atoms with Crippen LogP contribution in [0.2, 0.25) is 15.1 Å². The second-order valence-electron chi connectivity index (χ2n) is 7.62. The number of hydrogen-bond acceptors (Lipinski definition) is 2. The fourth-order valence-corrected chi connectivity index (χ4v) is 3.66. The molecule has 0 aromatic heterocycles. The van der Waals surface area contributed by atoms with Gasteiger partial charge in [-0.05, 0) is 47.7 Å². The Balaban J connectivity index is 2.29. The quantitative estimate of drug-likeness (QED) is 0.507. The van der Waals surface area contributed by atoms with Crippen LogP contribution in [0.4, 0.5) is 0 Å². The van der Waals surface area contributed by atoms with E-state index >= 15 is 0 Å². The predicted octanol–water partition coefficient (Wildman–Crippen LogP) is 5.77. The molecule has 0 aliphatic carbocycles. The highest BCUT2D eigenvalue weighted by Gasteiger charge is 2.29. The number of hydrogen-bond donors (Lipinski definition) is 1. The highest BCUT2D eigenvalue weighted by molar-refractivity contribution is 6.35. The maximum atomic E-state index is 13.3. The first-order valence-corrected chi connectivity index (χ1v) is 11.1. The standard InChI is InChI=1S/C23H27Cl3N2O2/c1-4-21(23(30)27-13-15(2)3)28(14-16-5-8-18(24)9-6-16)22(29)11-17-7-10-19(25)12-20(17)26/h5-10,12,15,21H,4,11,13-14H2,1-3H3,(H,27,30). The van der Waals surface area contributed by atoms with Gasteiger partial charge in [0.15, 0.2) is 0 Å². The molecule has 0 spiro atoms. The number of benzene rings is 2. The van der Waals surface area contributed by atoms with Crippen molar-refractivity contribution in [2.45, 2.75) is 46.2 Å². The van der Waals surface area contributed by atoms with Crippen LogP contribution >= 0.6 is 34.8 Å². The molecular weight excluding hydrogens is 443 g/mol. The Morgan fingerprint density at radius 2 is 1.63 bits per heavy atom. The third-order valence-corrected chi connectivity index (χ3v) is 5.53. The monoisotopic (exact) mass is 468 g/mol. The van der Waals surface area contributed by atoms with Gasteiger partial charge in [-0.2, -0.15) is 0 Å². The summed E-state index contributed by atoms with van der Waals surface area (Å²) in [7, 11) is 0. The summed E-state index contributed by atoms with van der Waals surface area (Å²) in [6.45, 7) is 6.81. The lowest BCUT2D eigenvalue weighted by atomic mass is 10.1. The SMILES string of the molecule is CCC(C(=O)NCC(C)C)N(Cc1ccc(Cl)cc1)C(=O)Cc1ccc(Cl)cc1Cl. The van der Waals surface area contributed by atoms with Crippen molar-refractivity contribution in [3.8, 4) is 0 Å². The van der Waals surface area contributed by atoms with Crippen LogP contribution in [-0.2, 0) is 22.6 Å². The van der Waals surface area contributed by atoms with Gasteiger partial charge in [0.25, 0.3) is 0 Å². The van der Waals surface area contributed by atoms with Crippen LogP contribution in [0, 0.1) is 5.92 Å². The van der Waals surface area contributed by atoms with Gasteiger partial charge in [-0.1, -0.05) is 73.8 Å². The average Bonchev–Trinajstić information content (AvgIpc) is 2.69. The summed E-state index contributed by atoms with van der Waals surface area (Å²) in [5, 5.41) is 4.50. The molecule has 0 heterocycles. The zero-order valence-corrected chi connectivity index (χ0v) is 19.7. The molecule has 2 aromatic rings. The third-order valence-electron chi connectivity index (χ3n) is 4.69. The fourth-order valence-electron chi connectivity index (χ4n) is 3.06. The maximum Gasteiger partial charge on any atom is 0.242 e. The lowest BCUT2D eigenvalue weighted by Crippen LogP contribution is -2.50. The summed E-state index contributed by atoms with van der Waals surface area (Å²) in [4.78, 5) is 27.8. The molecule has 0 aliphatic heterocycles. The van der Waals surface area contributed by atoms with E-state index in [0.29, 0.717) is 46.1 Å².